The van der Waals surface area contributed by atoms with E-state index in [0.29, 0.717) is 47.9 Å². The number of rotatable bonds is 6. The van der Waals surface area contributed by atoms with E-state index in [2.05, 4.69) is 0 Å². The van der Waals surface area contributed by atoms with Crippen LogP contribution >= 0.6 is 0 Å². The fourth-order valence-electron chi connectivity index (χ4n) is 3.80. The smallest absolute Gasteiger partial charge is 0.340 e. The van der Waals surface area contributed by atoms with Crippen LogP contribution in [-0.4, -0.2) is 26.0 Å². The lowest BCUT2D eigenvalue weighted by Gasteiger charge is -2.30. The van der Waals surface area contributed by atoms with Gasteiger partial charge in [-0.25, -0.2) is 4.79 Å². The van der Waals surface area contributed by atoms with Gasteiger partial charge in [-0.3, -0.25) is 4.79 Å². The second kappa shape index (κ2) is 8.59. The van der Waals surface area contributed by atoms with Gasteiger partial charge in [0.05, 0.1) is 20.1 Å². The predicted molar refractivity (Wildman–Crippen MR) is 109 cm³/mol. The highest BCUT2D eigenvalue weighted by atomic mass is 16.5. The molecular formula is C23H23NO7. The third-order valence-electron chi connectivity index (χ3n) is 5.30. The van der Waals surface area contributed by atoms with E-state index < -0.39 is 11.9 Å². The molecule has 0 spiro atoms. The van der Waals surface area contributed by atoms with E-state index in [0.717, 1.165) is 5.75 Å². The number of methoxy groups -OCH3 is 2. The van der Waals surface area contributed by atoms with Gasteiger partial charge in [-0.2, -0.15) is 0 Å². The summed E-state index contributed by atoms with van der Waals surface area (Å²) < 4.78 is 27.4. The largest absolute Gasteiger partial charge is 0.497 e. The lowest BCUT2D eigenvalue weighted by atomic mass is 9.79. The summed E-state index contributed by atoms with van der Waals surface area (Å²) >= 11 is 0. The molecule has 1 atom stereocenters. The van der Waals surface area contributed by atoms with Gasteiger partial charge in [0, 0.05) is 18.4 Å². The molecule has 0 unspecified atom stereocenters. The van der Waals surface area contributed by atoms with E-state index in [4.69, 9.17) is 29.1 Å². The zero-order valence-corrected chi connectivity index (χ0v) is 17.3. The number of esters is 1. The molecule has 2 N–H and O–H groups in total. The first kappa shape index (κ1) is 20.6. The molecule has 1 aliphatic heterocycles. The molecule has 8 heteroatoms. The summed E-state index contributed by atoms with van der Waals surface area (Å²) in [5, 5.41) is 0. The summed E-state index contributed by atoms with van der Waals surface area (Å²) in [6.07, 6.45) is 1.62. The highest BCUT2D eigenvalue weighted by Gasteiger charge is 2.42. The minimum absolute atomic E-state index is 0.0634. The topological polar surface area (TPSA) is 110 Å². The van der Waals surface area contributed by atoms with Crippen molar-refractivity contribution in [1.82, 2.24) is 0 Å². The van der Waals surface area contributed by atoms with Crippen molar-refractivity contribution < 1.29 is 33.0 Å². The number of ether oxygens (including phenoxy) is 4. The second-order valence-corrected chi connectivity index (χ2v) is 7.19. The van der Waals surface area contributed by atoms with Crippen LogP contribution in [0.2, 0.25) is 0 Å². The fraction of sp³-hybridized carbons (Fsp3) is 0.304. The Morgan fingerprint density at radius 2 is 1.84 bits per heavy atom. The number of ketones is 1. The van der Waals surface area contributed by atoms with Crippen LogP contribution in [0.1, 0.15) is 36.7 Å². The van der Waals surface area contributed by atoms with Crippen molar-refractivity contribution in [3.8, 4) is 11.5 Å². The molecule has 162 valence electrons. The zero-order chi connectivity index (χ0) is 22.0. The number of Topliss-reactive ketones (excluding diaryl/α,β-unsaturated/α-hetero) is 1. The molecule has 1 aliphatic carbocycles. The van der Waals surface area contributed by atoms with Gasteiger partial charge in [0.25, 0.3) is 0 Å². The SMILES string of the molecule is COC(=O)C1=C(N)OC2=C(C(=O)CCC2)[C@H]1c1ccc(COc2ccc(OC)cc2)o1. The summed E-state index contributed by atoms with van der Waals surface area (Å²) in [5.74, 6) is 1.20. The van der Waals surface area contributed by atoms with Gasteiger partial charge in [-0.05, 0) is 42.8 Å². The summed E-state index contributed by atoms with van der Waals surface area (Å²) in [5.41, 5.74) is 6.50. The van der Waals surface area contributed by atoms with Gasteiger partial charge < -0.3 is 29.1 Å². The molecular weight excluding hydrogens is 402 g/mol. The van der Waals surface area contributed by atoms with E-state index in [-0.39, 0.29) is 23.8 Å². The number of hydrogen-bond donors (Lipinski definition) is 1. The molecule has 0 saturated carbocycles. The summed E-state index contributed by atoms with van der Waals surface area (Å²) in [6.45, 7) is 0.169. The Kier molecular flexibility index (Phi) is 5.70. The Balaban J connectivity index is 1.61. The number of carbonyl (C=O) groups is 2. The van der Waals surface area contributed by atoms with Crippen molar-refractivity contribution in [3.05, 3.63) is 70.7 Å². The molecule has 0 fully saturated rings. The maximum atomic E-state index is 12.7. The first-order valence-corrected chi connectivity index (χ1v) is 9.89. The number of furan rings is 1. The summed E-state index contributed by atoms with van der Waals surface area (Å²) in [7, 11) is 2.85. The van der Waals surface area contributed by atoms with E-state index in [9.17, 15) is 9.59 Å². The molecule has 1 aromatic heterocycles. The highest BCUT2D eigenvalue weighted by Crippen LogP contribution is 2.44. The van der Waals surface area contributed by atoms with Crippen LogP contribution in [-0.2, 0) is 25.7 Å². The van der Waals surface area contributed by atoms with Crippen molar-refractivity contribution in [3.63, 3.8) is 0 Å². The number of carbonyl (C=O) groups excluding carboxylic acids is 2. The molecule has 0 radical (unpaired) electrons. The standard InChI is InChI=1S/C23H23NO7/c1-27-13-6-8-14(9-7-13)29-12-15-10-11-18(30-15)20-19-16(25)4-3-5-17(19)31-22(24)21(20)23(26)28-2/h6-11,20H,3-5,12,24H2,1-2H3/t20-/m1/s1. The Morgan fingerprint density at radius 3 is 2.55 bits per heavy atom. The zero-order valence-electron chi connectivity index (χ0n) is 17.3. The molecule has 0 amide bonds. The molecule has 2 heterocycles. The van der Waals surface area contributed by atoms with E-state index >= 15 is 0 Å². The molecule has 1 aromatic carbocycles. The minimum atomic E-state index is -0.779. The van der Waals surface area contributed by atoms with Crippen molar-refractivity contribution in [2.45, 2.75) is 31.8 Å². The van der Waals surface area contributed by atoms with Gasteiger partial charge >= 0.3 is 5.97 Å². The van der Waals surface area contributed by atoms with Crippen molar-refractivity contribution in [2.24, 2.45) is 5.73 Å². The summed E-state index contributed by atoms with van der Waals surface area (Å²) in [6, 6.07) is 10.6. The van der Waals surface area contributed by atoms with Gasteiger partial charge in [-0.1, -0.05) is 0 Å². The summed E-state index contributed by atoms with van der Waals surface area (Å²) in [4.78, 5) is 25.2. The van der Waals surface area contributed by atoms with Crippen LogP contribution in [0.4, 0.5) is 0 Å². The third kappa shape index (κ3) is 4.01. The molecule has 4 rings (SSSR count). The minimum Gasteiger partial charge on any atom is -0.497 e. The molecule has 2 aromatic rings. The van der Waals surface area contributed by atoms with Gasteiger partial charge in [0.15, 0.2) is 5.78 Å². The van der Waals surface area contributed by atoms with Crippen LogP contribution < -0.4 is 15.2 Å². The van der Waals surface area contributed by atoms with E-state index in [1.54, 1.807) is 43.5 Å². The highest BCUT2D eigenvalue weighted by molar-refractivity contribution is 6.03. The normalized spacial score (nSPS) is 18.4. The maximum Gasteiger partial charge on any atom is 0.340 e. The lowest BCUT2D eigenvalue weighted by Crippen LogP contribution is -2.31. The average molecular weight is 425 g/mol. The van der Waals surface area contributed by atoms with Crippen molar-refractivity contribution >= 4 is 11.8 Å². The first-order valence-electron chi connectivity index (χ1n) is 9.89. The number of hydrogen-bond acceptors (Lipinski definition) is 8. The number of nitrogens with two attached hydrogens (primary N) is 1. The van der Waals surface area contributed by atoms with E-state index in [1.807, 2.05) is 0 Å². The van der Waals surface area contributed by atoms with Crippen LogP contribution in [0.3, 0.4) is 0 Å². The van der Waals surface area contributed by atoms with Gasteiger partial charge in [0.1, 0.15) is 41.0 Å². The Labute approximate surface area is 179 Å². The van der Waals surface area contributed by atoms with Crippen LogP contribution in [0, 0.1) is 0 Å². The Bertz CT molecular complexity index is 1060. The molecule has 31 heavy (non-hydrogen) atoms. The van der Waals surface area contributed by atoms with E-state index in [1.165, 1.54) is 7.11 Å². The molecule has 0 saturated heterocycles. The maximum absolute atomic E-state index is 12.7. The Morgan fingerprint density at radius 1 is 1.10 bits per heavy atom. The van der Waals surface area contributed by atoms with Crippen molar-refractivity contribution in [2.75, 3.05) is 14.2 Å². The third-order valence-corrected chi connectivity index (χ3v) is 5.30. The first-order chi connectivity index (χ1) is 15.0. The van der Waals surface area contributed by atoms with Gasteiger partial charge in [-0.15, -0.1) is 0 Å². The number of benzene rings is 1. The molecule has 0 bridgehead atoms. The molecule has 2 aliphatic rings. The Hall–Kier alpha value is -3.68. The quantitative estimate of drug-likeness (QED) is 0.702. The second-order valence-electron chi connectivity index (χ2n) is 7.19. The van der Waals surface area contributed by atoms with Crippen LogP contribution in [0.5, 0.6) is 11.5 Å². The average Bonchev–Trinajstić information content (AvgIpc) is 3.25. The number of allylic oxidation sites excluding steroid dienone is 2. The van der Waals surface area contributed by atoms with Crippen molar-refractivity contribution in [1.29, 1.82) is 0 Å². The monoisotopic (exact) mass is 425 g/mol. The van der Waals surface area contributed by atoms with Crippen LogP contribution in [0.25, 0.3) is 0 Å². The van der Waals surface area contributed by atoms with Crippen LogP contribution in [0.15, 0.2) is 63.6 Å². The van der Waals surface area contributed by atoms with Gasteiger partial charge in [0.2, 0.25) is 5.88 Å². The fourth-order valence-corrected chi connectivity index (χ4v) is 3.80. The predicted octanol–water partition coefficient (Wildman–Crippen LogP) is 3.33. The molecule has 8 nitrogen and oxygen atoms in total. The lowest BCUT2D eigenvalue weighted by molar-refractivity contribution is -0.136.